The summed E-state index contributed by atoms with van der Waals surface area (Å²) in [4.78, 5) is 16.9. The van der Waals surface area contributed by atoms with Gasteiger partial charge in [0.15, 0.2) is 0 Å². The Morgan fingerprint density at radius 3 is 2.53 bits per heavy atom. The minimum Gasteiger partial charge on any atom is -0.310 e. The topological polar surface area (TPSA) is 45.8 Å². The van der Waals surface area contributed by atoms with Crippen LogP contribution in [-0.4, -0.2) is 16.1 Å². The van der Waals surface area contributed by atoms with Gasteiger partial charge in [0, 0.05) is 6.07 Å². The second-order valence-corrected chi connectivity index (χ2v) is 3.56. The van der Waals surface area contributed by atoms with Crippen LogP contribution in [-0.2, 0) is 6.42 Å². The van der Waals surface area contributed by atoms with Crippen molar-refractivity contribution < 1.29 is 13.2 Å². The second-order valence-electron chi connectivity index (χ2n) is 3.56. The third-order valence-corrected chi connectivity index (χ3v) is 1.77. The van der Waals surface area contributed by atoms with Gasteiger partial charge in [0.2, 0.25) is 0 Å². The molecular formula is C9H11F3N2O. The molecule has 1 aromatic rings. The Balaban J connectivity index is 3.05. The van der Waals surface area contributed by atoms with Crippen molar-refractivity contribution in [2.45, 2.75) is 32.4 Å². The van der Waals surface area contributed by atoms with Crippen molar-refractivity contribution in [2.75, 3.05) is 0 Å². The molecule has 0 saturated heterocycles. The van der Waals surface area contributed by atoms with E-state index in [1.54, 1.807) is 13.8 Å². The normalized spacial score (nSPS) is 12.1. The molecule has 3 nitrogen and oxygen atoms in total. The predicted octanol–water partition coefficient (Wildman–Crippen LogP) is 2.00. The Labute approximate surface area is 84.4 Å². The molecular weight excluding hydrogens is 209 g/mol. The molecule has 0 radical (unpaired) electrons. The Bertz CT molecular complexity index is 395. The Morgan fingerprint density at radius 1 is 1.47 bits per heavy atom. The number of nitrogens with zero attached hydrogens (tertiary/aromatic N) is 1. The molecule has 84 valence electrons. The summed E-state index contributed by atoms with van der Waals surface area (Å²) in [6, 6.07) is 1.21. The third-order valence-electron chi connectivity index (χ3n) is 1.77. The molecule has 0 bridgehead atoms. The lowest BCUT2D eigenvalue weighted by Gasteiger charge is -2.08. The number of hydrogen-bond donors (Lipinski definition) is 1. The maximum atomic E-state index is 12.0. The Kier molecular flexibility index (Phi) is 3.16. The van der Waals surface area contributed by atoms with Crippen molar-refractivity contribution in [3.05, 3.63) is 27.9 Å². The van der Waals surface area contributed by atoms with Crippen molar-refractivity contribution in [1.29, 1.82) is 0 Å². The number of aromatic nitrogens is 2. The van der Waals surface area contributed by atoms with Crippen molar-refractivity contribution in [3.8, 4) is 0 Å². The van der Waals surface area contributed by atoms with E-state index < -0.39 is 18.2 Å². The minimum absolute atomic E-state index is 0.0701. The molecule has 0 aromatic carbocycles. The molecule has 1 aromatic heterocycles. The zero-order chi connectivity index (χ0) is 11.6. The van der Waals surface area contributed by atoms with E-state index in [9.17, 15) is 18.0 Å². The number of H-pyrrole nitrogens is 1. The fourth-order valence-electron chi connectivity index (χ4n) is 1.10. The van der Waals surface area contributed by atoms with E-state index in [2.05, 4.69) is 9.97 Å². The van der Waals surface area contributed by atoms with E-state index >= 15 is 0 Å². The highest BCUT2D eigenvalue weighted by Gasteiger charge is 2.29. The number of alkyl halides is 3. The molecule has 0 aliphatic heterocycles. The quantitative estimate of drug-likeness (QED) is 0.828. The molecule has 0 aliphatic carbocycles. The van der Waals surface area contributed by atoms with Crippen LogP contribution >= 0.6 is 0 Å². The molecule has 0 saturated carbocycles. The molecule has 0 unspecified atom stereocenters. The molecule has 0 amide bonds. The van der Waals surface area contributed by atoms with Gasteiger partial charge in [0.25, 0.3) is 5.56 Å². The number of rotatable bonds is 2. The van der Waals surface area contributed by atoms with Crippen LogP contribution < -0.4 is 5.56 Å². The summed E-state index contributed by atoms with van der Waals surface area (Å²) < 4.78 is 36.1. The van der Waals surface area contributed by atoms with E-state index in [1.165, 1.54) is 6.07 Å². The van der Waals surface area contributed by atoms with Crippen molar-refractivity contribution in [2.24, 2.45) is 0 Å². The van der Waals surface area contributed by atoms with Crippen LogP contribution in [0.5, 0.6) is 0 Å². The molecule has 6 heteroatoms. The van der Waals surface area contributed by atoms with Gasteiger partial charge in [0.1, 0.15) is 12.2 Å². The van der Waals surface area contributed by atoms with E-state index in [4.69, 9.17) is 0 Å². The zero-order valence-electron chi connectivity index (χ0n) is 8.35. The van der Waals surface area contributed by atoms with Crippen LogP contribution in [0.3, 0.4) is 0 Å². The lowest BCUT2D eigenvalue weighted by Crippen LogP contribution is -2.20. The highest BCUT2D eigenvalue weighted by atomic mass is 19.4. The number of halogens is 3. The first-order valence-electron chi connectivity index (χ1n) is 4.45. The van der Waals surface area contributed by atoms with Gasteiger partial charge in [-0.05, 0) is 5.92 Å². The summed E-state index contributed by atoms with van der Waals surface area (Å²) >= 11 is 0. The molecule has 1 rings (SSSR count). The predicted molar refractivity (Wildman–Crippen MR) is 48.7 cm³/mol. The van der Waals surface area contributed by atoms with Crippen LogP contribution in [0.4, 0.5) is 13.2 Å². The molecule has 0 aliphatic rings. The van der Waals surface area contributed by atoms with Gasteiger partial charge >= 0.3 is 6.18 Å². The highest BCUT2D eigenvalue weighted by molar-refractivity contribution is 5.07. The summed E-state index contributed by atoms with van der Waals surface area (Å²) in [6.07, 6.45) is -5.56. The van der Waals surface area contributed by atoms with Crippen LogP contribution in [0.15, 0.2) is 10.9 Å². The third kappa shape index (κ3) is 3.73. The number of nitrogens with one attached hydrogen (secondary N) is 1. The van der Waals surface area contributed by atoms with Gasteiger partial charge in [-0.3, -0.25) is 4.79 Å². The second kappa shape index (κ2) is 4.04. The monoisotopic (exact) mass is 220 g/mol. The van der Waals surface area contributed by atoms with Gasteiger partial charge in [0.05, 0.1) is 5.69 Å². The average Bonchev–Trinajstić information content (AvgIpc) is 1.99. The lowest BCUT2D eigenvalue weighted by molar-refractivity contribution is -0.128. The van der Waals surface area contributed by atoms with Gasteiger partial charge in [-0.2, -0.15) is 13.2 Å². The van der Waals surface area contributed by atoms with E-state index in [1.807, 2.05) is 0 Å². The first-order chi connectivity index (χ1) is 6.78. The van der Waals surface area contributed by atoms with E-state index in [-0.39, 0.29) is 11.7 Å². The number of hydrogen-bond acceptors (Lipinski definition) is 2. The van der Waals surface area contributed by atoms with Crippen LogP contribution in [0, 0.1) is 0 Å². The van der Waals surface area contributed by atoms with Crippen LogP contribution in [0.2, 0.25) is 0 Å². The first-order valence-corrected chi connectivity index (χ1v) is 4.45. The summed E-state index contributed by atoms with van der Waals surface area (Å²) in [5, 5.41) is 0. The fraction of sp³-hybridized carbons (Fsp3) is 0.556. The van der Waals surface area contributed by atoms with Crippen molar-refractivity contribution >= 4 is 0 Å². The summed E-state index contributed by atoms with van der Waals surface area (Å²) in [5.41, 5.74) is -0.175. The molecule has 0 fully saturated rings. The summed E-state index contributed by atoms with van der Waals surface area (Å²) in [7, 11) is 0. The maximum Gasteiger partial charge on any atom is 0.396 e. The highest BCUT2D eigenvalue weighted by Crippen LogP contribution is 2.19. The van der Waals surface area contributed by atoms with Gasteiger partial charge in [-0.15, -0.1) is 0 Å². The molecule has 0 atom stereocenters. The Morgan fingerprint density at radius 2 is 2.07 bits per heavy atom. The van der Waals surface area contributed by atoms with E-state index in [0.29, 0.717) is 5.69 Å². The lowest BCUT2D eigenvalue weighted by atomic mass is 10.1. The largest absolute Gasteiger partial charge is 0.396 e. The van der Waals surface area contributed by atoms with E-state index in [0.717, 1.165) is 0 Å². The minimum atomic E-state index is -4.36. The summed E-state index contributed by atoms with van der Waals surface area (Å²) in [5.74, 6) is -0.405. The Hall–Kier alpha value is -1.33. The zero-order valence-corrected chi connectivity index (χ0v) is 8.35. The van der Waals surface area contributed by atoms with Crippen LogP contribution in [0.1, 0.15) is 31.3 Å². The van der Waals surface area contributed by atoms with Crippen molar-refractivity contribution in [1.82, 2.24) is 9.97 Å². The maximum absolute atomic E-state index is 12.0. The molecule has 1 N–H and O–H groups in total. The average molecular weight is 220 g/mol. The number of aromatic amines is 1. The fourth-order valence-corrected chi connectivity index (χ4v) is 1.10. The van der Waals surface area contributed by atoms with Gasteiger partial charge < -0.3 is 4.98 Å². The van der Waals surface area contributed by atoms with Crippen LogP contribution in [0.25, 0.3) is 0 Å². The smallest absolute Gasteiger partial charge is 0.310 e. The van der Waals surface area contributed by atoms with Gasteiger partial charge in [-0.1, -0.05) is 13.8 Å². The first kappa shape index (κ1) is 11.7. The standard InChI is InChI=1S/C9H11F3N2O/c1-5(2)6-3-8(15)14-7(13-6)4-9(10,11)12/h3,5H,4H2,1-2H3,(H,13,14,15). The molecule has 15 heavy (non-hydrogen) atoms. The SMILES string of the molecule is CC(C)c1cc(=O)[nH]c(CC(F)(F)F)n1. The summed E-state index contributed by atoms with van der Waals surface area (Å²) in [6.45, 7) is 3.53. The molecule has 0 spiro atoms. The molecule has 1 heterocycles. The van der Waals surface area contributed by atoms with Crippen molar-refractivity contribution in [3.63, 3.8) is 0 Å². The van der Waals surface area contributed by atoms with Gasteiger partial charge in [-0.25, -0.2) is 4.98 Å².